The maximum atomic E-state index is 12.2. The predicted molar refractivity (Wildman–Crippen MR) is 85.0 cm³/mol. The van der Waals surface area contributed by atoms with Crippen molar-refractivity contribution in [2.45, 2.75) is 83.3 Å². The zero-order valence-electron chi connectivity index (χ0n) is 13.9. The number of carbonyl (C=O) groups is 1. The molecule has 1 saturated heterocycles. The van der Waals surface area contributed by atoms with Crippen molar-refractivity contribution in [3.05, 3.63) is 0 Å². The lowest BCUT2D eigenvalue weighted by molar-refractivity contribution is -0.151. The fraction of sp³-hybridized carbons (Fsp3) is 0.941. The van der Waals surface area contributed by atoms with Crippen molar-refractivity contribution in [1.82, 2.24) is 4.90 Å². The highest BCUT2D eigenvalue weighted by molar-refractivity contribution is 5.81. The van der Waals surface area contributed by atoms with Gasteiger partial charge in [-0.05, 0) is 65.3 Å². The summed E-state index contributed by atoms with van der Waals surface area (Å²) in [6.45, 7) is 7.98. The molecule has 2 N–H and O–H groups in total. The average Bonchev–Trinajstić information content (AvgIpc) is 2.81. The number of esters is 1. The largest absolute Gasteiger partial charge is 0.465 e. The summed E-state index contributed by atoms with van der Waals surface area (Å²) in [7, 11) is 0. The van der Waals surface area contributed by atoms with Crippen molar-refractivity contribution in [2.24, 2.45) is 11.7 Å². The Morgan fingerprint density at radius 2 is 1.90 bits per heavy atom. The standard InChI is InChI=1S/C17H32N2O2/c1-4-21-16(20)17(18)11-6-9-15(17)10-12-19-13(2)7-5-8-14(19)3/h13-15H,4-12,18H2,1-3H3. The van der Waals surface area contributed by atoms with Crippen LogP contribution in [0.15, 0.2) is 0 Å². The molecule has 122 valence electrons. The number of piperidine rings is 1. The zero-order chi connectivity index (χ0) is 15.5. The molecule has 0 radical (unpaired) electrons. The van der Waals surface area contributed by atoms with Crippen LogP contribution in [0.1, 0.15) is 65.7 Å². The molecule has 4 heteroatoms. The van der Waals surface area contributed by atoms with E-state index < -0.39 is 5.54 Å². The van der Waals surface area contributed by atoms with Gasteiger partial charge in [-0.3, -0.25) is 9.69 Å². The first-order chi connectivity index (χ1) is 9.99. The summed E-state index contributed by atoms with van der Waals surface area (Å²) < 4.78 is 5.22. The smallest absolute Gasteiger partial charge is 0.326 e. The summed E-state index contributed by atoms with van der Waals surface area (Å²) in [6.07, 6.45) is 7.83. The second-order valence-electron chi connectivity index (χ2n) is 7.01. The average molecular weight is 296 g/mol. The van der Waals surface area contributed by atoms with Crippen LogP contribution in [-0.4, -0.2) is 41.6 Å². The number of nitrogens with zero attached hydrogens (tertiary/aromatic N) is 1. The first-order valence-corrected chi connectivity index (χ1v) is 8.71. The van der Waals surface area contributed by atoms with Gasteiger partial charge < -0.3 is 10.5 Å². The van der Waals surface area contributed by atoms with Crippen LogP contribution in [0.25, 0.3) is 0 Å². The van der Waals surface area contributed by atoms with Crippen LogP contribution in [-0.2, 0) is 9.53 Å². The van der Waals surface area contributed by atoms with E-state index in [1.54, 1.807) is 0 Å². The van der Waals surface area contributed by atoms with Crippen molar-refractivity contribution >= 4 is 5.97 Å². The Kier molecular flexibility index (Phi) is 5.67. The van der Waals surface area contributed by atoms with Crippen LogP contribution >= 0.6 is 0 Å². The van der Waals surface area contributed by atoms with Crippen molar-refractivity contribution in [3.63, 3.8) is 0 Å². The second kappa shape index (κ2) is 7.10. The molecule has 1 aliphatic carbocycles. The molecule has 1 saturated carbocycles. The summed E-state index contributed by atoms with van der Waals surface area (Å²) in [6, 6.07) is 1.31. The molecule has 0 aromatic carbocycles. The van der Waals surface area contributed by atoms with Crippen LogP contribution in [0.5, 0.6) is 0 Å². The molecule has 0 amide bonds. The molecule has 1 heterocycles. The van der Waals surface area contributed by atoms with Gasteiger partial charge in [-0.2, -0.15) is 0 Å². The minimum absolute atomic E-state index is 0.188. The first-order valence-electron chi connectivity index (χ1n) is 8.71. The van der Waals surface area contributed by atoms with Gasteiger partial charge in [0.05, 0.1) is 6.61 Å². The van der Waals surface area contributed by atoms with Gasteiger partial charge in [0.1, 0.15) is 5.54 Å². The van der Waals surface area contributed by atoms with E-state index in [0.717, 1.165) is 32.2 Å². The third-order valence-electron chi connectivity index (χ3n) is 5.64. The van der Waals surface area contributed by atoms with Gasteiger partial charge in [0, 0.05) is 12.1 Å². The molecule has 0 bridgehead atoms. The lowest BCUT2D eigenvalue weighted by atomic mass is 9.85. The number of likely N-dealkylation sites (tertiary alicyclic amines) is 1. The lowest BCUT2D eigenvalue weighted by Crippen LogP contribution is -2.53. The molecule has 1 aliphatic heterocycles. The molecule has 2 rings (SSSR count). The summed E-state index contributed by atoms with van der Waals surface area (Å²) >= 11 is 0. The molecular formula is C17H32N2O2. The topological polar surface area (TPSA) is 55.6 Å². The molecule has 21 heavy (non-hydrogen) atoms. The number of carbonyl (C=O) groups excluding carboxylic acids is 1. The molecule has 4 unspecified atom stereocenters. The van der Waals surface area contributed by atoms with E-state index in [-0.39, 0.29) is 11.9 Å². The van der Waals surface area contributed by atoms with Gasteiger partial charge in [-0.1, -0.05) is 12.8 Å². The van der Waals surface area contributed by atoms with Crippen LogP contribution < -0.4 is 5.73 Å². The number of hydrogen-bond acceptors (Lipinski definition) is 4. The summed E-state index contributed by atoms with van der Waals surface area (Å²) in [5, 5.41) is 0. The maximum Gasteiger partial charge on any atom is 0.326 e. The van der Waals surface area contributed by atoms with E-state index in [1.807, 2.05) is 6.92 Å². The minimum Gasteiger partial charge on any atom is -0.465 e. The molecule has 0 spiro atoms. The van der Waals surface area contributed by atoms with Gasteiger partial charge in [0.2, 0.25) is 0 Å². The van der Waals surface area contributed by atoms with Crippen molar-refractivity contribution < 1.29 is 9.53 Å². The van der Waals surface area contributed by atoms with Crippen molar-refractivity contribution in [3.8, 4) is 0 Å². The van der Waals surface area contributed by atoms with Crippen molar-refractivity contribution in [1.29, 1.82) is 0 Å². The Morgan fingerprint density at radius 1 is 1.24 bits per heavy atom. The van der Waals surface area contributed by atoms with E-state index >= 15 is 0 Å². The fourth-order valence-corrected chi connectivity index (χ4v) is 4.26. The van der Waals surface area contributed by atoms with Gasteiger partial charge >= 0.3 is 5.97 Å². The van der Waals surface area contributed by atoms with E-state index in [2.05, 4.69) is 18.7 Å². The highest BCUT2D eigenvalue weighted by atomic mass is 16.5. The highest BCUT2D eigenvalue weighted by Gasteiger charge is 2.46. The Morgan fingerprint density at radius 3 is 2.52 bits per heavy atom. The lowest BCUT2D eigenvalue weighted by Gasteiger charge is -2.40. The molecule has 4 atom stereocenters. The van der Waals surface area contributed by atoms with Crippen LogP contribution in [0, 0.1) is 5.92 Å². The quantitative estimate of drug-likeness (QED) is 0.793. The van der Waals surface area contributed by atoms with Crippen LogP contribution in [0.2, 0.25) is 0 Å². The molecule has 0 aromatic rings. The molecule has 4 nitrogen and oxygen atoms in total. The Balaban J connectivity index is 1.93. The van der Waals surface area contributed by atoms with E-state index in [4.69, 9.17) is 10.5 Å². The normalized spacial score (nSPS) is 37.6. The highest BCUT2D eigenvalue weighted by Crippen LogP contribution is 2.37. The molecule has 0 aromatic heterocycles. The van der Waals surface area contributed by atoms with Gasteiger partial charge in [-0.25, -0.2) is 0 Å². The Labute approximate surface area is 129 Å². The van der Waals surface area contributed by atoms with E-state index in [0.29, 0.717) is 18.7 Å². The number of hydrogen-bond donors (Lipinski definition) is 1. The monoisotopic (exact) mass is 296 g/mol. The Hall–Kier alpha value is -0.610. The number of ether oxygens (including phenoxy) is 1. The predicted octanol–water partition coefficient (Wildman–Crippen LogP) is 2.70. The number of rotatable bonds is 5. The van der Waals surface area contributed by atoms with Crippen molar-refractivity contribution in [2.75, 3.05) is 13.2 Å². The zero-order valence-corrected chi connectivity index (χ0v) is 13.9. The maximum absolute atomic E-state index is 12.2. The van der Waals surface area contributed by atoms with Gasteiger partial charge in [-0.15, -0.1) is 0 Å². The van der Waals surface area contributed by atoms with Gasteiger partial charge in [0.15, 0.2) is 0 Å². The third-order valence-corrected chi connectivity index (χ3v) is 5.64. The van der Waals surface area contributed by atoms with E-state index in [1.165, 1.54) is 19.3 Å². The fourth-order valence-electron chi connectivity index (χ4n) is 4.26. The molecular weight excluding hydrogens is 264 g/mol. The summed E-state index contributed by atoms with van der Waals surface area (Å²) in [5.41, 5.74) is 5.69. The van der Waals surface area contributed by atoms with E-state index in [9.17, 15) is 4.79 Å². The summed E-state index contributed by atoms with van der Waals surface area (Å²) in [5.74, 6) is 0.0881. The molecule has 2 aliphatic rings. The minimum atomic E-state index is -0.738. The Bertz CT molecular complexity index is 351. The third kappa shape index (κ3) is 3.59. The summed E-state index contributed by atoms with van der Waals surface area (Å²) in [4.78, 5) is 14.8. The SMILES string of the molecule is CCOC(=O)C1(N)CCCC1CCN1C(C)CCCC1C. The first kappa shape index (κ1) is 16.8. The van der Waals surface area contributed by atoms with Crippen LogP contribution in [0.3, 0.4) is 0 Å². The second-order valence-corrected chi connectivity index (χ2v) is 7.01. The molecule has 2 fully saturated rings. The van der Waals surface area contributed by atoms with Gasteiger partial charge in [0.25, 0.3) is 0 Å². The van der Waals surface area contributed by atoms with Crippen LogP contribution in [0.4, 0.5) is 0 Å². The number of nitrogens with two attached hydrogens (primary N) is 1.